The Morgan fingerprint density at radius 1 is 1.27 bits per heavy atom. The van der Waals surface area contributed by atoms with Gasteiger partial charge in [0.25, 0.3) is 0 Å². The number of morpholine rings is 1. The zero-order valence-corrected chi connectivity index (χ0v) is 16.4. The van der Waals surface area contributed by atoms with Gasteiger partial charge in [0.1, 0.15) is 5.52 Å². The number of Topliss-reactive ketones (excluding diaryl/α,β-unsaturated/α-hetero) is 1. The van der Waals surface area contributed by atoms with E-state index in [1.165, 1.54) is 12.8 Å². The molecule has 1 saturated heterocycles. The standard InChI is InChI=1S/C15H18ClN3O3.C4H8/c1-3-4-10(20)12-9(2)11-13(22-12)14(18-15(16)17-11)19-5-7-21-8-6-19;1-4-2-3-4/h3-8H2,1-2H3;4H,2-3H2,1H3. The van der Waals surface area contributed by atoms with Crippen molar-refractivity contribution in [1.29, 1.82) is 0 Å². The van der Waals surface area contributed by atoms with E-state index in [4.69, 9.17) is 20.8 Å². The molecule has 4 rings (SSSR count). The number of hydrogen-bond donors (Lipinski definition) is 0. The summed E-state index contributed by atoms with van der Waals surface area (Å²) in [5.41, 5.74) is 1.87. The average molecular weight is 380 g/mol. The van der Waals surface area contributed by atoms with Crippen LogP contribution in [0.5, 0.6) is 0 Å². The number of nitrogens with zero attached hydrogens (tertiary/aromatic N) is 3. The van der Waals surface area contributed by atoms with Crippen LogP contribution in [0.25, 0.3) is 11.1 Å². The lowest BCUT2D eigenvalue weighted by Crippen LogP contribution is -2.36. The molecule has 2 aromatic rings. The minimum absolute atomic E-state index is 0.0120. The zero-order valence-electron chi connectivity index (χ0n) is 15.7. The summed E-state index contributed by atoms with van der Waals surface area (Å²) in [5.74, 6) is 2.07. The van der Waals surface area contributed by atoms with Gasteiger partial charge in [0.15, 0.2) is 22.9 Å². The van der Waals surface area contributed by atoms with Gasteiger partial charge in [-0.05, 0) is 30.9 Å². The summed E-state index contributed by atoms with van der Waals surface area (Å²) in [6.07, 6.45) is 4.20. The van der Waals surface area contributed by atoms with Gasteiger partial charge in [0.2, 0.25) is 5.28 Å². The maximum absolute atomic E-state index is 12.2. The molecular weight excluding hydrogens is 354 g/mol. The van der Waals surface area contributed by atoms with Crippen LogP contribution in [-0.4, -0.2) is 42.1 Å². The number of ether oxygens (including phenoxy) is 1. The Morgan fingerprint density at radius 2 is 1.92 bits per heavy atom. The summed E-state index contributed by atoms with van der Waals surface area (Å²) in [6, 6.07) is 0. The van der Waals surface area contributed by atoms with Crippen molar-refractivity contribution in [2.45, 2.75) is 46.5 Å². The van der Waals surface area contributed by atoms with Gasteiger partial charge < -0.3 is 14.1 Å². The summed E-state index contributed by atoms with van der Waals surface area (Å²) in [7, 11) is 0. The van der Waals surface area contributed by atoms with E-state index < -0.39 is 0 Å². The third-order valence-electron chi connectivity index (χ3n) is 4.63. The summed E-state index contributed by atoms with van der Waals surface area (Å²) < 4.78 is 11.2. The van der Waals surface area contributed by atoms with Crippen LogP contribution in [0, 0.1) is 12.8 Å². The van der Waals surface area contributed by atoms with E-state index in [0.29, 0.717) is 55.4 Å². The van der Waals surface area contributed by atoms with Crippen molar-refractivity contribution < 1.29 is 13.9 Å². The molecule has 1 aliphatic heterocycles. The Bertz CT molecular complexity index is 780. The highest BCUT2D eigenvalue weighted by Gasteiger charge is 2.25. The number of rotatable bonds is 4. The molecule has 2 aromatic heterocycles. The van der Waals surface area contributed by atoms with Gasteiger partial charge in [0.05, 0.1) is 13.2 Å². The highest BCUT2D eigenvalue weighted by Crippen LogP contribution is 2.32. The first-order chi connectivity index (χ1) is 12.5. The van der Waals surface area contributed by atoms with Crippen LogP contribution in [0.2, 0.25) is 5.28 Å². The topological polar surface area (TPSA) is 68.5 Å². The Hall–Kier alpha value is -1.66. The molecule has 26 heavy (non-hydrogen) atoms. The molecule has 0 aromatic carbocycles. The third kappa shape index (κ3) is 4.35. The molecule has 6 nitrogen and oxygen atoms in total. The maximum atomic E-state index is 12.2. The second-order valence-electron chi connectivity index (χ2n) is 7.01. The molecule has 0 amide bonds. The van der Waals surface area contributed by atoms with E-state index in [9.17, 15) is 4.79 Å². The van der Waals surface area contributed by atoms with Gasteiger partial charge in [-0.1, -0.05) is 26.7 Å². The van der Waals surface area contributed by atoms with Crippen molar-refractivity contribution in [3.8, 4) is 0 Å². The molecule has 0 spiro atoms. The Balaban J connectivity index is 0.000000433. The van der Waals surface area contributed by atoms with Gasteiger partial charge in [-0.25, -0.2) is 4.98 Å². The summed E-state index contributed by atoms with van der Waals surface area (Å²) >= 11 is 6.06. The van der Waals surface area contributed by atoms with Crippen LogP contribution < -0.4 is 4.90 Å². The van der Waals surface area contributed by atoms with Crippen molar-refractivity contribution in [2.24, 2.45) is 5.92 Å². The quantitative estimate of drug-likeness (QED) is 0.578. The zero-order chi connectivity index (χ0) is 18.7. The predicted octanol–water partition coefficient (Wildman–Crippen LogP) is 4.42. The molecule has 7 heteroatoms. The molecule has 0 atom stereocenters. The summed E-state index contributed by atoms with van der Waals surface area (Å²) in [4.78, 5) is 22.8. The molecule has 0 unspecified atom stereocenters. The van der Waals surface area contributed by atoms with Crippen LogP contribution in [0.15, 0.2) is 4.42 Å². The highest BCUT2D eigenvalue weighted by atomic mass is 35.5. The van der Waals surface area contributed by atoms with E-state index in [-0.39, 0.29) is 11.1 Å². The lowest BCUT2D eigenvalue weighted by atomic mass is 10.1. The predicted molar refractivity (Wildman–Crippen MR) is 102 cm³/mol. The molecule has 0 N–H and O–H groups in total. The smallest absolute Gasteiger partial charge is 0.225 e. The molecule has 3 heterocycles. The van der Waals surface area contributed by atoms with Crippen LogP contribution in [0.4, 0.5) is 5.82 Å². The molecule has 142 valence electrons. The first-order valence-electron chi connectivity index (χ1n) is 9.33. The number of anilines is 1. The number of ketones is 1. The Labute approximate surface area is 158 Å². The third-order valence-corrected chi connectivity index (χ3v) is 4.80. The van der Waals surface area contributed by atoms with Crippen LogP contribution in [0.3, 0.4) is 0 Å². The van der Waals surface area contributed by atoms with Crippen molar-refractivity contribution in [3.05, 3.63) is 16.6 Å². The van der Waals surface area contributed by atoms with Crippen molar-refractivity contribution in [1.82, 2.24) is 9.97 Å². The van der Waals surface area contributed by atoms with Crippen molar-refractivity contribution in [3.63, 3.8) is 0 Å². The lowest BCUT2D eigenvalue weighted by molar-refractivity contribution is 0.0956. The highest BCUT2D eigenvalue weighted by molar-refractivity contribution is 6.28. The summed E-state index contributed by atoms with van der Waals surface area (Å²) in [5, 5.41) is 0.160. The SMILES string of the molecule is CC1CC1.CCCC(=O)c1oc2c(N3CCOCC3)nc(Cl)nc2c1C. The first kappa shape index (κ1) is 19.1. The molecule has 1 aliphatic carbocycles. The number of carbonyl (C=O) groups excluding carboxylic acids is 1. The summed E-state index contributed by atoms with van der Waals surface area (Å²) in [6.45, 7) is 8.75. The van der Waals surface area contributed by atoms with Gasteiger partial charge in [-0.2, -0.15) is 4.98 Å². The number of hydrogen-bond acceptors (Lipinski definition) is 6. The molecule has 0 radical (unpaired) electrons. The lowest BCUT2D eigenvalue weighted by Gasteiger charge is -2.27. The number of aromatic nitrogens is 2. The van der Waals surface area contributed by atoms with Crippen LogP contribution in [0.1, 0.15) is 55.6 Å². The van der Waals surface area contributed by atoms with E-state index in [1.54, 1.807) is 0 Å². The Kier molecular flexibility index (Phi) is 6.14. The number of furan rings is 1. The number of carbonyl (C=O) groups is 1. The molecular formula is C19H26ClN3O3. The fourth-order valence-corrected chi connectivity index (χ4v) is 2.97. The van der Waals surface area contributed by atoms with Crippen LogP contribution >= 0.6 is 11.6 Å². The van der Waals surface area contributed by atoms with Gasteiger partial charge in [-0.15, -0.1) is 0 Å². The minimum Gasteiger partial charge on any atom is -0.447 e. The minimum atomic E-state index is -0.0120. The fourth-order valence-electron chi connectivity index (χ4n) is 2.81. The molecule has 2 aliphatic rings. The average Bonchev–Trinajstić information content (AvgIpc) is 3.35. The number of halogens is 1. The Morgan fingerprint density at radius 3 is 2.50 bits per heavy atom. The van der Waals surface area contributed by atoms with Gasteiger partial charge in [-0.3, -0.25) is 4.79 Å². The monoisotopic (exact) mass is 379 g/mol. The molecule has 2 fully saturated rings. The van der Waals surface area contributed by atoms with Crippen molar-refractivity contribution >= 4 is 34.3 Å². The first-order valence-corrected chi connectivity index (χ1v) is 9.71. The fraction of sp³-hybridized carbons (Fsp3) is 0.632. The maximum Gasteiger partial charge on any atom is 0.225 e. The number of fused-ring (bicyclic) bond motifs is 1. The number of aryl methyl sites for hydroxylation is 1. The van der Waals surface area contributed by atoms with E-state index in [1.807, 2.05) is 13.8 Å². The normalized spacial score (nSPS) is 17.2. The van der Waals surface area contributed by atoms with Crippen molar-refractivity contribution in [2.75, 3.05) is 31.2 Å². The van der Waals surface area contributed by atoms with Gasteiger partial charge >= 0.3 is 0 Å². The van der Waals surface area contributed by atoms with E-state index in [0.717, 1.165) is 17.9 Å². The van der Waals surface area contributed by atoms with E-state index >= 15 is 0 Å². The second kappa shape index (κ2) is 8.35. The van der Waals surface area contributed by atoms with E-state index in [2.05, 4.69) is 21.8 Å². The molecule has 0 bridgehead atoms. The van der Waals surface area contributed by atoms with Crippen LogP contribution in [-0.2, 0) is 4.74 Å². The molecule has 1 saturated carbocycles. The largest absolute Gasteiger partial charge is 0.447 e. The van der Waals surface area contributed by atoms with Gasteiger partial charge in [0, 0.05) is 25.1 Å². The second-order valence-corrected chi connectivity index (χ2v) is 7.34.